The zero-order valence-corrected chi connectivity index (χ0v) is 16.6. The van der Waals surface area contributed by atoms with Crippen LogP contribution in [0, 0.1) is 0 Å². The predicted octanol–water partition coefficient (Wildman–Crippen LogP) is 4.68. The summed E-state index contributed by atoms with van der Waals surface area (Å²) in [6.45, 7) is 1.32. The summed E-state index contributed by atoms with van der Waals surface area (Å²) in [5, 5.41) is 5.11. The molecular weight excluding hydrogens is 441 g/mol. The Bertz CT molecular complexity index is 854. The first-order valence-electron chi connectivity index (χ1n) is 8.18. The molecular formula is C19H18BrF3N2O3. The molecule has 0 aliphatic carbocycles. The smallest absolute Gasteiger partial charge is 0.417 e. The van der Waals surface area contributed by atoms with Crippen molar-refractivity contribution in [1.29, 1.82) is 0 Å². The Kier molecular flexibility index (Phi) is 7.06. The third kappa shape index (κ3) is 5.98. The molecule has 2 amide bonds. The van der Waals surface area contributed by atoms with Crippen molar-refractivity contribution in [2.24, 2.45) is 0 Å². The highest BCUT2D eigenvalue weighted by molar-refractivity contribution is 9.10. The van der Waals surface area contributed by atoms with Gasteiger partial charge in [-0.05, 0) is 35.9 Å². The van der Waals surface area contributed by atoms with E-state index in [2.05, 4.69) is 26.6 Å². The normalized spacial score (nSPS) is 12.2. The van der Waals surface area contributed by atoms with E-state index in [1.54, 1.807) is 24.3 Å². The Morgan fingerprint density at radius 3 is 2.32 bits per heavy atom. The zero-order valence-electron chi connectivity index (χ0n) is 15.1. The van der Waals surface area contributed by atoms with E-state index in [1.165, 1.54) is 26.2 Å². The van der Waals surface area contributed by atoms with Gasteiger partial charge in [-0.1, -0.05) is 28.1 Å². The molecule has 1 atom stereocenters. The van der Waals surface area contributed by atoms with Crippen molar-refractivity contribution in [3.63, 3.8) is 0 Å². The molecule has 0 aliphatic heterocycles. The second-order valence-electron chi connectivity index (χ2n) is 5.97. The van der Waals surface area contributed by atoms with Crippen molar-refractivity contribution in [1.82, 2.24) is 5.32 Å². The molecule has 0 bridgehead atoms. The summed E-state index contributed by atoms with van der Waals surface area (Å²) in [4.78, 5) is 23.9. The summed E-state index contributed by atoms with van der Waals surface area (Å²) in [6, 6.07) is 9.57. The fourth-order valence-electron chi connectivity index (χ4n) is 2.55. The number of alkyl halides is 3. The van der Waals surface area contributed by atoms with Crippen LogP contribution in [0.4, 0.5) is 18.9 Å². The van der Waals surface area contributed by atoms with Gasteiger partial charge in [-0.2, -0.15) is 13.2 Å². The number of benzene rings is 2. The molecule has 9 heteroatoms. The molecule has 0 saturated carbocycles. The van der Waals surface area contributed by atoms with Crippen molar-refractivity contribution >= 4 is 33.4 Å². The quantitative estimate of drug-likeness (QED) is 0.659. The Morgan fingerprint density at radius 2 is 1.79 bits per heavy atom. The maximum Gasteiger partial charge on any atom is 0.417 e. The molecule has 0 fully saturated rings. The molecule has 0 saturated heterocycles. The molecule has 2 rings (SSSR count). The first kappa shape index (κ1) is 21.7. The van der Waals surface area contributed by atoms with E-state index in [0.29, 0.717) is 11.3 Å². The van der Waals surface area contributed by atoms with Gasteiger partial charge in [0.2, 0.25) is 11.8 Å². The van der Waals surface area contributed by atoms with Crippen molar-refractivity contribution in [2.45, 2.75) is 25.6 Å². The summed E-state index contributed by atoms with van der Waals surface area (Å²) >= 11 is 2.85. The highest BCUT2D eigenvalue weighted by atomic mass is 79.9. The monoisotopic (exact) mass is 458 g/mol. The van der Waals surface area contributed by atoms with Gasteiger partial charge in [0, 0.05) is 17.1 Å². The summed E-state index contributed by atoms with van der Waals surface area (Å²) in [5.74, 6) is -0.258. The summed E-state index contributed by atoms with van der Waals surface area (Å²) < 4.78 is 44.0. The van der Waals surface area contributed by atoms with Crippen LogP contribution in [0.25, 0.3) is 0 Å². The molecule has 0 spiro atoms. The highest BCUT2D eigenvalue weighted by Gasteiger charge is 2.33. The number of nitrogens with one attached hydrogen (secondary N) is 2. The van der Waals surface area contributed by atoms with E-state index in [-0.39, 0.29) is 22.5 Å². The average Bonchev–Trinajstić information content (AvgIpc) is 2.61. The van der Waals surface area contributed by atoms with E-state index in [1.807, 2.05) is 0 Å². The number of hydrogen-bond acceptors (Lipinski definition) is 3. The number of methoxy groups -OCH3 is 1. The van der Waals surface area contributed by atoms with Crippen molar-refractivity contribution in [3.05, 3.63) is 58.1 Å². The van der Waals surface area contributed by atoms with Gasteiger partial charge in [-0.15, -0.1) is 0 Å². The maximum atomic E-state index is 13.0. The minimum atomic E-state index is -4.55. The number of carbonyl (C=O) groups is 2. The predicted molar refractivity (Wildman–Crippen MR) is 102 cm³/mol. The van der Waals surface area contributed by atoms with Gasteiger partial charge in [0.1, 0.15) is 5.75 Å². The molecule has 2 aromatic rings. The van der Waals surface area contributed by atoms with Gasteiger partial charge in [0.25, 0.3) is 0 Å². The lowest BCUT2D eigenvalue weighted by atomic mass is 10.0. The molecule has 0 aliphatic rings. The zero-order chi connectivity index (χ0) is 20.9. The first-order chi connectivity index (χ1) is 13.1. The minimum absolute atomic E-state index is 0.0110. The summed E-state index contributed by atoms with van der Waals surface area (Å²) in [7, 11) is 1.52. The number of hydrogen-bond donors (Lipinski definition) is 2. The van der Waals surface area contributed by atoms with Crippen LogP contribution in [-0.4, -0.2) is 18.9 Å². The van der Waals surface area contributed by atoms with E-state index < -0.39 is 23.7 Å². The summed E-state index contributed by atoms with van der Waals surface area (Å²) in [5.41, 5.74) is -0.214. The van der Waals surface area contributed by atoms with Crippen LogP contribution in [0.1, 0.15) is 30.5 Å². The number of anilines is 1. The molecule has 28 heavy (non-hydrogen) atoms. The van der Waals surface area contributed by atoms with Crippen molar-refractivity contribution < 1.29 is 27.5 Å². The van der Waals surface area contributed by atoms with Gasteiger partial charge >= 0.3 is 6.18 Å². The Labute approximate surface area is 168 Å². The molecule has 0 heterocycles. The molecule has 0 radical (unpaired) electrons. The largest absolute Gasteiger partial charge is 0.497 e. The SMILES string of the molecule is COc1ccc(C(CC(=O)Nc2ccc(Br)c(C(F)(F)F)c2)NC(C)=O)cc1. The van der Waals surface area contributed by atoms with Gasteiger partial charge in [0.15, 0.2) is 0 Å². The van der Waals surface area contributed by atoms with E-state index in [0.717, 1.165) is 6.07 Å². The fourth-order valence-corrected chi connectivity index (χ4v) is 3.02. The highest BCUT2D eigenvalue weighted by Crippen LogP contribution is 2.36. The number of rotatable bonds is 6. The lowest BCUT2D eigenvalue weighted by Crippen LogP contribution is -2.29. The van der Waals surface area contributed by atoms with Crippen LogP contribution in [0.2, 0.25) is 0 Å². The number of ether oxygens (including phenoxy) is 1. The van der Waals surface area contributed by atoms with Crippen LogP contribution in [0.5, 0.6) is 5.75 Å². The molecule has 5 nitrogen and oxygen atoms in total. The van der Waals surface area contributed by atoms with Crippen molar-refractivity contribution in [3.8, 4) is 5.75 Å². The van der Waals surface area contributed by atoms with Crippen LogP contribution in [0.15, 0.2) is 46.9 Å². The number of amides is 2. The van der Waals surface area contributed by atoms with Gasteiger partial charge in [-0.25, -0.2) is 0 Å². The fraction of sp³-hybridized carbons (Fsp3) is 0.263. The standard InChI is InChI=1S/C19H18BrF3N2O3/c1-11(26)24-17(12-3-6-14(28-2)7-4-12)10-18(27)25-13-5-8-16(20)15(9-13)19(21,22)23/h3-9,17H,10H2,1-2H3,(H,24,26)(H,25,27). The number of halogens is 4. The lowest BCUT2D eigenvalue weighted by Gasteiger charge is -2.19. The summed E-state index contributed by atoms with van der Waals surface area (Å²) in [6.07, 6.45) is -4.70. The van der Waals surface area contributed by atoms with E-state index >= 15 is 0 Å². The molecule has 1 unspecified atom stereocenters. The molecule has 150 valence electrons. The van der Waals surface area contributed by atoms with Gasteiger partial charge in [-0.3, -0.25) is 9.59 Å². The van der Waals surface area contributed by atoms with Crippen LogP contribution in [0.3, 0.4) is 0 Å². The van der Waals surface area contributed by atoms with Crippen molar-refractivity contribution in [2.75, 3.05) is 12.4 Å². The van der Waals surface area contributed by atoms with Gasteiger partial charge in [0.05, 0.1) is 25.1 Å². The lowest BCUT2D eigenvalue weighted by molar-refractivity contribution is -0.138. The topological polar surface area (TPSA) is 67.4 Å². The third-order valence-electron chi connectivity index (χ3n) is 3.84. The second kappa shape index (κ2) is 9.09. The van der Waals surface area contributed by atoms with E-state index in [4.69, 9.17) is 4.74 Å². The Balaban J connectivity index is 2.16. The van der Waals surface area contributed by atoms with Gasteiger partial charge < -0.3 is 15.4 Å². The Hall–Kier alpha value is -2.55. The molecule has 2 aromatic carbocycles. The second-order valence-corrected chi connectivity index (χ2v) is 6.83. The van der Waals surface area contributed by atoms with E-state index in [9.17, 15) is 22.8 Å². The van der Waals surface area contributed by atoms with Crippen LogP contribution in [-0.2, 0) is 15.8 Å². The third-order valence-corrected chi connectivity index (χ3v) is 4.53. The average molecular weight is 459 g/mol. The first-order valence-corrected chi connectivity index (χ1v) is 8.97. The number of carbonyl (C=O) groups excluding carboxylic acids is 2. The van der Waals surface area contributed by atoms with Crippen LogP contribution >= 0.6 is 15.9 Å². The molecule has 0 aromatic heterocycles. The molecule has 2 N–H and O–H groups in total. The Morgan fingerprint density at radius 1 is 1.14 bits per heavy atom. The van der Waals surface area contributed by atoms with Crippen LogP contribution < -0.4 is 15.4 Å². The maximum absolute atomic E-state index is 13.0. The minimum Gasteiger partial charge on any atom is -0.497 e.